The Morgan fingerprint density at radius 3 is 2.88 bits per heavy atom. The number of nitrogens with zero attached hydrogens (tertiary/aromatic N) is 1. The van der Waals surface area contributed by atoms with Crippen molar-refractivity contribution in [1.82, 2.24) is 9.97 Å². The number of benzene rings is 1. The molecular weight excluding hydrogens is 466 g/mol. The van der Waals surface area contributed by atoms with Crippen LogP contribution in [0.2, 0.25) is 0 Å². The lowest BCUT2D eigenvalue weighted by molar-refractivity contribution is -0.115. The van der Waals surface area contributed by atoms with Gasteiger partial charge in [0.05, 0.1) is 16.3 Å². The van der Waals surface area contributed by atoms with Gasteiger partial charge in [0, 0.05) is 20.9 Å². The van der Waals surface area contributed by atoms with Crippen LogP contribution in [-0.4, -0.2) is 32.5 Å². The van der Waals surface area contributed by atoms with E-state index in [1.54, 1.807) is 18.3 Å². The number of H-pyrrole nitrogens is 1. The molecule has 0 saturated carbocycles. The van der Waals surface area contributed by atoms with Crippen LogP contribution in [0.4, 0.5) is 5.69 Å². The summed E-state index contributed by atoms with van der Waals surface area (Å²) in [5.74, 6) is -0.531. The molecule has 1 atom stereocenters. The summed E-state index contributed by atoms with van der Waals surface area (Å²) in [7, 11) is 0. The van der Waals surface area contributed by atoms with Gasteiger partial charge in [0.15, 0.2) is 5.16 Å². The third-order valence-corrected chi connectivity index (χ3v) is 7.87. The number of aromatic amines is 1. The van der Waals surface area contributed by atoms with Crippen molar-refractivity contribution in [1.29, 1.82) is 0 Å². The molecule has 1 amide bonds. The number of nitrogens with one attached hydrogen (secondary N) is 2. The molecule has 7 nitrogen and oxygen atoms in total. The van der Waals surface area contributed by atoms with Gasteiger partial charge in [0.25, 0.3) is 5.56 Å². The molecule has 164 valence electrons. The molecule has 4 aromatic rings. The minimum atomic E-state index is -0.614. The van der Waals surface area contributed by atoms with Gasteiger partial charge >= 0.3 is 0 Å². The molecule has 0 aliphatic heterocycles. The van der Waals surface area contributed by atoms with Crippen LogP contribution in [-0.2, 0) is 11.2 Å². The van der Waals surface area contributed by atoms with E-state index >= 15 is 0 Å². The van der Waals surface area contributed by atoms with Crippen molar-refractivity contribution >= 4 is 62.5 Å². The number of carbonyl (C=O) groups excluding carboxylic acids is 2. The van der Waals surface area contributed by atoms with Gasteiger partial charge in [-0.2, -0.15) is 0 Å². The van der Waals surface area contributed by atoms with Crippen LogP contribution in [0.25, 0.3) is 20.7 Å². The van der Waals surface area contributed by atoms with Crippen molar-refractivity contribution in [3.8, 4) is 16.2 Å². The number of hydrogen-bond acceptors (Lipinski definition) is 8. The van der Waals surface area contributed by atoms with E-state index in [4.69, 9.17) is 0 Å². The van der Waals surface area contributed by atoms with Crippen molar-refractivity contribution in [2.45, 2.75) is 30.7 Å². The standard InChI is InChI=1S/C22H19N3O4S3/c1-3-15-17(16-5-4-8-30-16)18-20(29)24-22(25-21(18)32-15)31-11(2)19(28)23-13-9-12(10-26)6-7-14(13)27/h4-11,27H,3H2,1-2H3,(H,23,28)(H,24,25,29). The minimum absolute atomic E-state index is 0.138. The van der Waals surface area contributed by atoms with Gasteiger partial charge < -0.3 is 15.4 Å². The van der Waals surface area contributed by atoms with Crippen LogP contribution >= 0.6 is 34.4 Å². The predicted octanol–water partition coefficient (Wildman–Crippen LogP) is 4.91. The summed E-state index contributed by atoms with van der Waals surface area (Å²) in [6.45, 7) is 3.72. The Balaban J connectivity index is 1.60. The van der Waals surface area contributed by atoms with E-state index in [0.717, 1.165) is 33.5 Å². The van der Waals surface area contributed by atoms with Gasteiger partial charge in [0.1, 0.15) is 16.9 Å². The lowest BCUT2D eigenvalue weighted by atomic mass is 10.1. The van der Waals surface area contributed by atoms with Crippen molar-refractivity contribution in [3.05, 3.63) is 56.5 Å². The largest absolute Gasteiger partial charge is 0.506 e. The SMILES string of the molecule is CCc1sc2nc(SC(C)C(=O)Nc3cc(C=O)ccc3O)[nH]c(=O)c2c1-c1cccs1. The molecule has 1 unspecified atom stereocenters. The molecule has 0 radical (unpaired) electrons. The highest BCUT2D eigenvalue weighted by Gasteiger charge is 2.21. The second-order valence-electron chi connectivity index (χ2n) is 6.93. The first-order chi connectivity index (χ1) is 15.4. The summed E-state index contributed by atoms with van der Waals surface area (Å²) in [4.78, 5) is 46.7. The van der Waals surface area contributed by atoms with E-state index in [9.17, 15) is 19.5 Å². The summed E-state index contributed by atoms with van der Waals surface area (Å²) in [5, 5.41) is 14.8. The first-order valence-electron chi connectivity index (χ1n) is 9.76. The molecule has 0 aliphatic rings. The van der Waals surface area contributed by atoms with E-state index in [1.807, 2.05) is 24.4 Å². The number of anilines is 1. The predicted molar refractivity (Wildman–Crippen MR) is 130 cm³/mol. The smallest absolute Gasteiger partial charge is 0.260 e. The number of hydrogen-bond donors (Lipinski definition) is 3. The fourth-order valence-corrected chi connectivity index (χ4v) is 6.05. The molecule has 10 heteroatoms. The topological polar surface area (TPSA) is 112 Å². The van der Waals surface area contributed by atoms with E-state index < -0.39 is 11.2 Å². The molecule has 0 saturated heterocycles. The van der Waals surface area contributed by atoms with Crippen LogP contribution in [0.3, 0.4) is 0 Å². The number of aromatic hydroxyl groups is 1. The molecule has 3 heterocycles. The zero-order valence-electron chi connectivity index (χ0n) is 17.2. The van der Waals surface area contributed by atoms with E-state index in [0.29, 0.717) is 27.2 Å². The van der Waals surface area contributed by atoms with Crippen molar-refractivity contribution < 1.29 is 14.7 Å². The number of thiophene rings is 2. The number of amides is 1. The van der Waals surface area contributed by atoms with Crippen LogP contribution in [0, 0.1) is 0 Å². The second kappa shape index (κ2) is 9.27. The summed E-state index contributed by atoms with van der Waals surface area (Å²) in [5.41, 5.74) is 1.18. The number of fused-ring (bicyclic) bond motifs is 1. The highest BCUT2D eigenvalue weighted by atomic mass is 32.2. The first-order valence-corrected chi connectivity index (χ1v) is 12.3. The zero-order chi connectivity index (χ0) is 22.8. The van der Waals surface area contributed by atoms with Crippen molar-refractivity contribution in [2.24, 2.45) is 0 Å². The Kier molecular flexibility index (Phi) is 6.45. The van der Waals surface area contributed by atoms with Gasteiger partial charge in [-0.15, -0.1) is 22.7 Å². The fourth-order valence-electron chi connectivity index (χ4n) is 3.20. The average Bonchev–Trinajstić information content (AvgIpc) is 3.42. The van der Waals surface area contributed by atoms with Crippen molar-refractivity contribution in [2.75, 3.05) is 5.32 Å². The highest BCUT2D eigenvalue weighted by Crippen LogP contribution is 2.39. The third-order valence-electron chi connectivity index (χ3n) is 4.77. The number of carbonyl (C=O) groups is 2. The third kappa shape index (κ3) is 4.34. The molecular formula is C22H19N3O4S3. The Morgan fingerprint density at radius 2 is 2.19 bits per heavy atom. The molecule has 3 N–H and O–H groups in total. The van der Waals surface area contributed by atoms with Gasteiger partial charge in [-0.25, -0.2) is 4.98 Å². The van der Waals surface area contributed by atoms with E-state index in [-0.39, 0.29) is 17.0 Å². The van der Waals surface area contributed by atoms with Crippen molar-refractivity contribution in [3.63, 3.8) is 0 Å². The number of phenolic OH excluding ortho intramolecular Hbond substituents is 1. The molecule has 0 fully saturated rings. The van der Waals surface area contributed by atoms with Gasteiger partial charge in [-0.1, -0.05) is 24.8 Å². The Morgan fingerprint density at radius 1 is 1.38 bits per heavy atom. The van der Waals surface area contributed by atoms with E-state index in [1.165, 1.54) is 29.5 Å². The zero-order valence-corrected chi connectivity index (χ0v) is 19.6. The minimum Gasteiger partial charge on any atom is -0.506 e. The molecule has 1 aromatic carbocycles. The Hall–Kier alpha value is -2.95. The molecule has 0 aliphatic carbocycles. The number of aryl methyl sites for hydroxylation is 1. The monoisotopic (exact) mass is 485 g/mol. The molecule has 0 spiro atoms. The fraction of sp³-hybridized carbons (Fsp3) is 0.182. The number of aromatic nitrogens is 2. The summed E-state index contributed by atoms with van der Waals surface area (Å²) in [6.07, 6.45) is 1.42. The molecule has 4 rings (SSSR count). The number of aldehydes is 1. The van der Waals surface area contributed by atoms with Gasteiger partial charge in [0.2, 0.25) is 5.91 Å². The van der Waals surface area contributed by atoms with Gasteiger partial charge in [-0.05, 0) is 43.0 Å². The molecule has 0 bridgehead atoms. The second-order valence-corrected chi connectivity index (χ2v) is 10.3. The maximum absolute atomic E-state index is 12.9. The first kappa shape index (κ1) is 22.3. The van der Waals surface area contributed by atoms with Gasteiger partial charge in [-0.3, -0.25) is 14.4 Å². The summed E-state index contributed by atoms with van der Waals surface area (Å²) in [6, 6.07) is 8.15. The van der Waals surface area contributed by atoms with Crippen LogP contribution in [0.1, 0.15) is 29.1 Å². The number of phenols is 1. The normalized spacial score (nSPS) is 12.1. The Bertz CT molecular complexity index is 1360. The van der Waals surface area contributed by atoms with Crippen LogP contribution in [0.5, 0.6) is 5.75 Å². The van der Waals surface area contributed by atoms with E-state index in [2.05, 4.69) is 15.3 Å². The lowest BCUT2D eigenvalue weighted by Gasteiger charge is -2.12. The quantitative estimate of drug-likeness (QED) is 0.148. The molecule has 3 aromatic heterocycles. The number of thioether (sulfide) groups is 1. The number of rotatable bonds is 7. The maximum atomic E-state index is 12.9. The van der Waals surface area contributed by atoms with Crippen LogP contribution in [0.15, 0.2) is 45.7 Å². The highest BCUT2D eigenvalue weighted by molar-refractivity contribution is 8.00. The maximum Gasteiger partial charge on any atom is 0.260 e. The molecule has 32 heavy (non-hydrogen) atoms. The average molecular weight is 486 g/mol. The lowest BCUT2D eigenvalue weighted by Crippen LogP contribution is -2.23. The van der Waals surface area contributed by atoms with Crippen LogP contribution < -0.4 is 10.9 Å². The summed E-state index contributed by atoms with van der Waals surface area (Å²) >= 11 is 4.19. The Labute approximate surface area is 195 Å². The summed E-state index contributed by atoms with van der Waals surface area (Å²) < 4.78 is 0.